The summed E-state index contributed by atoms with van der Waals surface area (Å²) in [6.07, 6.45) is 8.85. The van der Waals surface area contributed by atoms with E-state index in [1.807, 2.05) is 25.1 Å². The molecule has 0 heterocycles. The molecule has 1 aliphatic carbocycles. The van der Waals surface area contributed by atoms with Crippen molar-refractivity contribution in [3.8, 4) is 0 Å². The van der Waals surface area contributed by atoms with Gasteiger partial charge in [0.1, 0.15) is 4.75 Å². The minimum atomic E-state index is -4.02. The van der Waals surface area contributed by atoms with Crippen molar-refractivity contribution in [2.75, 3.05) is 0 Å². The van der Waals surface area contributed by atoms with Gasteiger partial charge in [-0.25, -0.2) is 8.42 Å². The Balaban J connectivity index is 2.60. The van der Waals surface area contributed by atoms with Crippen LogP contribution in [0.2, 0.25) is 0 Å². The van der Waals surface area contributed by atoms with Gasteiger partial charge in [0.2, 0.25) is 15.0 Å². The third-order valence-electron chi connectivity index (χ3n) is 4.05. The fourth-order valence-electron chi connectivity index (χ4n) is 2.81. The number of hydrogen-bond donors (Lipinski definition) is 0. The highest BCUT2D eigenvalue weighted by Crippen LogP contribution is 2.43. The van der Waals surface area contributed by atoms with E-state index < -0.39 is 19.7 Å². The molecule has 4 heteroatoms. The molecular formula is C18H20O3S. The smallest absolute Gasteiger partial charge is 0.247 e. The summed E-state index contributed by atoms with van der Waals surface area (Å²) in [4.78, 5) is 12.4. The van der Waals surface area contributed by atoms with E-state index in [0.29, 0.717) is 12.0 Å². The van der Waals surface area contributed by atoms with Gasteiger partial charge in [0.25, 0.3) is 0 Å². The maximum atomic E-state index is 13.1. The van der Waals surface area contributed by atoms with Crippen molar-refractivity contribution in [1.82, 2.24) is 0 Å². The Bertz CT molecular complexity index is 714. The van der Waals surface area contributed by atoms with Crippen LogP contribution in [-0.2, 0) is 19.4 Å². The van der Waals surface area contributed by atoms with Crippen LogP contribution in [0.4, 0.5) is 0 Å². The lowest BCUT2D eigenvalue weighted by Crippen LogP contribution is -2.44. The molecule has 2 atom stereocenters. The van der Waals surface area contributed by atoms with E-state index in [0.717, 1.165) is 0 Å². The Hall–Kier alpha value is -1.94. The highest BCUT2D eigenvalue weighted by Gasteiger charge is 2.50. The van der Waals surface area contributed by atoms with Crippen molar-refractivity contribution in [2.24, 2.45) is 5.92 Å². The lowest BCUT2D eigenvalue weighted by atomic mass is 9.83. The van der Waals surface area contributed by atoms with Gasteiger partial charge in [-0.3, -0.25) is 4.79 Å². The largest absolute Gasteiger partial charge is 0.282 e. The number of rotatable bonds is 5. The van der Waals surface area contributed by atoms with Crippen LogP contribution in [0, 0.1) is 5.92 Å². The normalized spacial score (nSPS) is 24.1. The third kappa shape index (κ3) is 2.59. The molecule has 0 spiro atoms. The zero-order valence-electron chi connectivity index (χ0n) is 12.6. The van der Waals surface area contributed by atoms with Crippen LogP contribution >= 0.6 is 0 Å². The predicted octanol–water partition coefficient (Wildman–Crippen LogP) is 3.55. The Labute approximate surface area is 132 Å². The van der Waals surface area contributed by atoms with Gasteiger partial charge in [0.05, 0.1) is 0 Å². The number of carbonyl (C=O) groups excluding carboxylic acids is 1. The van der Waals surface area contributed by atoms with Crippen LogP contribution < -0.4 is 0 Å². The van der Waals surface area contributed by atoms with E-state index in [1.165, 1.54) is 0 Å². The van der Waals surface area contributed by atoms with Crippen molar-refractivity contribution >= 4 is 15.0 Å². The number of allylic oxidation sites excluding steroid dienone is 4. The molecule has 2 unspecified atom stereocenters. The molecule has 0 bridgehead atoms. The quantitative estimate of drug-likeness (QED) is 0.781. The minimum absolute atomic E-state index is 0.0370. The van der Waals surface area contributed by atoms with Gasteiger partial charge in [0.15, 0.2) is 0 Å². The molecule has 2 rings (SSSR count). The molecule has 0 saturated carbocycles. The van der Waals surface area contributed by atoms with Crippen LogP contribution in [0.25, 0.3) is 0 Å². The molecule has 22 heavy (non-hydrogen) atoms. The number of benzene rings is 1. The second-order valence-corrected chi connectivity index (χ2v) is 7.53. The maximum absolute atomic E-state index is 13.1. The summed E-state index contributed by atoms with van der Waals surface area (Å²) in [6.45, 7) is 5.37. The second kappa shape index (κ2) is 6.44. The molecule has 1 aromatic carbocycles. The monoisotopic (exact) mass is 316 g/mol. The molecule has 116 valence electrons. The summed E-state index contributed by atoms with van der Waals surface area (Å²) >= 11 is 0. The van der Waals surface area contributed by atoms with Crippen molar-refractivity contribution in [2.45, 2.75) is 24.5 Å². The molecule has 0 saturated heterocycles. The summed E-state index contributed by atoms with van der Waals surface area (Å²) in [7, 11) is -4.02. The van der Waals surface area contributed by atoms with E-state index in [9.17, 15) is 13.2 Å². The average Bonchev–Trinajstić information content (AvgIpc) is 2.53. The SMILES string of the molecule is C=CCCC(=O)S(=O)(=O)C1(c2ccccc2)C=CC=CC1C. The van der Waals surface area contributed by atoms with Gasteiger partial charge in [-0.1, -0.05) is 67.6 Å². The molecule has 3 nitrogen and oxygen atoms in total. The number of sulfone groups is 1. The molecule has 0 N–H and O–H groups in total. The summed E-state index contributed by atoms with van der Waals surface area (Å²) in [5.74, 6) is -0.322. The molecule has 0 fully saturated rings. The first-order chi connectivity index (χ1) is 10.5. The lowest BCUT2D eigenvalue weighted by molar-refractivity contribution is -0.111. The fourth-order valence-corrected chi connectivity index (χ4v) is 4.85. The average molecular weight is 316 g/mol. The number of hydrogen-bond acceptors (Lipinski definition) is 3. The molecule has 0 aromatic heterocycles. The molecule has 1 aliphatic rings. The second-order valence-electron chi connectivity index (χ2n) is 5.39. The summed E-state index contributed by atoms with van der Waals surface area (Å²) in [6, 6.07) is 8.94. The van der Waals surface area contributed by atoms with Crippen LogP contribution in [0.3, 0.4) is 0 Å². The van der Waals surface area contributed by atoms with E-state index >= 15 is 0 Å². The van der Waals surface area contributed by atoms with Crippen molar-refractivity contribution in [3.63, 3.8) is 0 Å². The molecule has 0 amide bonds. The zero-order chi connectivity index (χ0) is 16.2. The van der Waals surface area contributed by atoms with Gasteiger partial charge in [0, 0.05) is 12.3 Å². The third-order valence-corrected chi connectivity index (χ3v) is 6.49. The first kappa shape index (κ1) is 16.4. The van der Waals surface area contributed by atoms with Gasteiger partial charge < -0.3 is 0 Å². The first-order valence-corrected chi connectivity index (χ1v) is 8.75. The van der Waals surface area contributed by atoms with E-state index in [1.54, 1.807) is 42.5 Å². The Morgan fingerprint density at radius 3 is 2.55 bits per heavy atom. The standard InChI is InChI=1S/C18H20O3S/c1-3-4-13-17(19)22(20,21)18(14-9-8-10-15(18)2)16-11-6-5-7-12-16/h3,5-12,14-15H,1,4,13H2,2H3. The highest BCUT2D eigenvalue weighted by atomic mass is 32.2. The van der Waals surface area contributed by atoms with Crippen molar-refractivity contribution in [1.29, 1.82) is 0 Å². The summed E-state index contributed by atoms with van der Waals surface area (Å²) in [5, 5.41) is -0.733. The molecule has 1 aromatic rings. The molecular weight excluding hydrogens is 296 g/mol. The Morgan fingerprint density at radius 1 is 1.27 bits per heavy atom. The van der Waals surface area contributed by atoms with Crippen LogP contribution in [-0.4, -0.2) is 13.5 Å². The van der Waals surface area contributed by atoms with Crippen molar-refractivity contribution in [3.05, 3.63) is 72.9 Å². The van der Waals surface area contributed by atoms with E-state index in [-0.39, 0.29) is 12.3 Å². The molecule has 0 radical (unpaired) electrons. The van der Waals surface area contributed by atoms with E-state index in [2.05, 4.69) is 6.58 Å². The van der Waals surface area contributed by atoms with Gasteiger partial charge >= 0.3 is 0 Å². The van der Waals surface area contributed by atoms with Gasteiger partial charge in [-0.2, -0.15) is 0 Å². The van der Waals surface area contributed by atoms with Gasteiger partial charge in [-0.05, 0) is 12.0 Å². The van der Waals surface area contributed by atoms with Crippen LogP contribution in [0.5, 0.6) is 0 Å². The Kier molecular flexibility index (Phi) is 4.81. The maximum Gasteiger partial charge on any atom is 0.247 e. The highest BCUT2D eigenvalue weighted by molar-refractivity contribution is 8.07. The topological polar surface area (TPSA) is 51.2 Å². The Morgan fingerprint density at radius 2 is 1.95 bits per heavy atom. The zero-order valence-corrected chi connectivity index (χ0v) is 13.4. The lowest BCUT2D eigenvalue weighted by Gasteiger charge is -2.36. The number of carbonyl (C=O) groups is 1. The first-order valence-electron chi connectivity index (χ1n) is 7.26. The fraction of sp³-hybridized carbons (Fsp3) is 0.278. The predicted molar refractivity (Wildman–Crippen MR) is 88.9 cm³/mol. The van der Waals surface area contributed by atoms with Crippen molar-refractivity contribution < 1.29 is 13.2 Å². The van der Waals surface area contributed by atoms with Crippen LogP contribution in [0.15, 0.2) is 67.3 Å². The molecule has 0 aliphatic heterocycles. The van der Waals surface area contributed by atoms with E-state index in [4.69, 9.17) is 0 Å². The summed E-state index contributed by atoms with van der Waals surface area (Å²) in [5.41, 5.74) is 0.620. The summed E-state index contributed by atoms with van der Waals surface area (Å²) < 4.78 is 24.8. The minimum Gasteiger partial charge on any atom is -0.282 e. The van der Waals surface area contributed by atoms with Gasteiger partial charge in [-0.15, -0.1) is 6.58 Å². The van der Waals surface area contributed by atoms with Crippen LogP contribution in [0.1, 0.15) is 25.3 Å².